The minimum Gasteiger partial charge on any atom is -0.355 e. The predicted molar refractivity (Wildman–Crippen MR) is 100 cm³/mol. The van der Waals surface area contributed by atoms with E-state index in [0.717, 1.165) is 30.9 Å². The third-order valence-electron chi connectivity index (χ3n) is 4.41. The molecule has 1 N–H and O–H groups in total. The molecule has 0 radical (unpaired) electrons. The van der Waals surface area contributed by atoms with Gasteiger partial charge in [0, 0.05) is 24.7 Å². The maximum absolute atomic E-state index is 12.2. The summed E-state index contributed by atoms with van der Waals surface area (Å²) in [6.45, 7) is 2.58. The van der Waals surface area contributed by atoms with Gasteiger partial charge in [-0.25, -0.2) is 9.97 Å². The fourth-order valence-corrected chi connectivity index (χ4v) is 3.09. The zero-order valence-electron chi connectivity index (χ0n) is 14.2. The van der Waals surface area contributed by atoms with Crippen molar-refractivity contribution in [2.75, 3.05) is 24.5 Å². The fourth-order valence-electron chi connectivity index (χ4n) is 2.96. The molecule has 1 fully saturated rings. The van der Waals surface area contributed by atoms with E-state index in [0.29, 0.717) is 17.3 Å². The zero-order valence-corrected chi connectivity index (χ0v) is 15.0. The Morgan fingerprint density at radius 2 is 1.76 bits per heavy atom. The first-order valence-corrected chi connectivity index (χ1v) is 9.20. The van der Waals surface area contributed by atoms with Gasteiger partial charge in [0.25, 0.3) is 5.91 Å². The minimum absolute atomic E-state index is 0.191. The molecule has 1 aliphatic heterocycles. The molecule has 1 aromatic heterocycles. The molecule has 0 aliphatic carbocycles. The highest BCUT2D eigenvalue weighted by Gasteiger charge is 2.13. The molecule has 1 amide bonds. The van der Waals surface area contributed by atoms with E-state index in [-0.39, 0.29) is 5.91 Å². The summed E-state index contributed by atoms with van der Waals surface area (Å²) in [7, 11) is 0. The summed E-state index contributed by atoms with van der Waals surface area (Å²) in [5.41, 5.74) is 1.49. The monoisotopic (exact) mass is 358 g/mol. The number of carbonyl (C=O) groups excluding carboxylic acids is 1. The van der Waals surface area contributed by atoms with E-state index in [2.05, 4.69) is 20.2 Å². The normalized spacial score (nSPS) is 14.8. The number of benzene rings is 1. The summed E-state index contributed by atoms with van der Waals surface area (Å²) in [6, 6.07) is 7.63. The summed E-state index contributed by atoms with van der Waals surface area (Å²) < 4.78 is 0. The third-order valence-corrected chi connectivity index (χ3v) is 4.67. The molecule has 0 unspecified atom stereocenters. The van der Waals surface area contributed by atoms with Crippen molar-refractivity contribution < 1.29 is 4.79 Å². The number of amides is 1. The van der Waals surface area contributed by atoms with Crippen molar-refractivity contribution >= 4 is 23.3 Å². The molecular formula is C19H23ClN4O. The SMILES string of the molecule is O=C(NCCc1ccc(Cl)cc1)c1cnc(N2CCCCCC2)cn1. The van der Waals surface area contributed by atoms with Crippen LogP contribution in [0.2, 0.25) is 5.02 Å². The molecular weight excluding hydrogens is 336 g/mol. The van der Waals surface area contributed by atoms with Crippen molar-refractivity contribution in [1.29, 1.82) is 0 Å². The Labute approximate surface area is 153 Å². The lowest BCUT2D eigenvalue weighted by Gasteiger charge is -2.20. The van der Waals surface area contributed by atoms with E-state index >= 15 is 0 Å². The van der Waals surface area contributed by atoms with E-state index in [1.807, 2.05) is 24.3 Å². The van der Waals surface area contributed by atoms with Gasteiger partial charge in [-0.15, -0.1) is 0 Å². The van der Waals surface area contributed by atoms with Gasteiger partial charge in [0.2, 0.25) is 0 Å². The van der Waals surface area contributed by atoms with Crippen molar-refractivity contribution in [3.63, 3.8) is 0 Å². The maximum Gasteiger partial charge on any atom is 0.271 e. The van der Waals surface area contributed by atoms with E-state index in [1.54, 1.807) is 12.4 Å². The van der Waals surface area contributed by atoms with Gasteiger partial charge >= 0.3 is 0 Å². The molecule has 6 heteroatoms. The first-order valence-electron chi connectivity index (χ1n) is 8.82. The maximum atomic E-state index is 12.2. The fraction of sp³-hybridized carbons (Fsp3) is 0.421. The number of aromatic nitrogens is 2. The molecule has 2 aromatic rings. The summed E-state index contributed by atoms with van der Waals surface area (Å²) in [5, 5.41) is 3.60. The van der Waals surface area contributed by atoms with Gasteiger partial charge in [-0.05, 0) is 37.0 Å². The van der Waals surface area contributed by atoms with Crippen LogP contribution in [-0.4, -0.2) is 35.5 Å². The van der Waals surface area contributed by atoms with Crippen molar-refractivity contribution in [2.24, 2.45) is 0 Å². The van der Waals surface area contributed by atoms with Crippen LogP contribution in [0, 0.1) is 0 Å². The van der Waals surface area contributed by atoms with Crippen molar-refractivity contribution in [3.05, 3.63) is 52.9 Å². The van der Waals surface area contributed by atoms with Crippen molar-refractivity contribution in [1.82, 2.24) is 15.3 Å². The van der Waals surface area contributed by atoms with Crippen LogP contribution in [0.4, 0.5) is 5.82 Å². The van der Waals surface area contributed by atoms with Gasteiger partial charge in [-0.1, -0.05) is 36.6 Å². The van der Waals surface area contributed by atoms with Crippen LogP contribution in [0.3, 0.4) is 0 Å². The summed E-state index contributed by atoms with van der Waals surface area (Å²) >= 11 is 5.87. The average Bonchev–Trinajstić information content (AvgIpc) is 2.93. The molecule has 1 aliphatic rings. The van der Waals surface area contributed by atoms with Crippen molar-refractivity contribution in [2.45, 2.75) is 32.1 Å². The predicted octanol–water partition coefficient (Wildman–Crippen LogP) is 3.48. The van der Waals surface area contributed by atoms with Gasteiger partial charge in [0.05, 0.1) is 12.4 Å². The molecule has 0 bridgehead atoms. The highest BCUT2D eigenvalue weighted by molar-refractivity contribution is 6.30. The Hall–Kier alpha value is -2.14. The number of hydrogen-bond acceptors (Lipinski definition) is 4. The van der Waals surface area contributed by atoms with E-state index in [4.69, 9.17) is 11.6 Å². The lowest BCUT2D eigenvalue weighted by atomic mass is 10.1. The lowest BCUT2D eigenvalue weighted by Crippen LogP contribution is -2.28. The second kappa shape index (κ2) is 8.81. The smallest absolute Gasteiger partial charge is 0.271 e. The highest BCUT2D eigenvalue weighted by Crippen LogP contribution is 2.16. The van der Waals surface area contributed by atoms with Gasteiger partial charge in [0.15, 0.2) is 0 Å². The van der Waals surface area contributed by atoms with E-state index in [1.165, 1.54) is 25.7 Å². The van der Waals surface area contributed by atoms with Crippen LogP contribution in [0.1, 0.15) is 41.7 Å². The summed E-state index contributed by atoms with van der Waals surface area (Å²) in [6.07, 6.45) is 8.96. The molecule has 5 nitrogen and oxygen atoms in total. The number of hydrogen-bond donors (Lipinski definition) is 1. The van der Waals surface area contributed by atoms with Crippen LogP contribution < -0.4 is 10.2 Å². The Kier molecular flexibility index (Phi) is 6.23. The number of nitrogens with one attached hydrogen (secondary N) is 1. The molecule has 0 saturated carbocycles. The number of rotatable bonds is 5. The van der Waals surface area contributed by atoms with Crippen LogP contribution in [-0.2, 0) is 6.42 Å². The van der Waals surface area contributed by atoms with Crippen LogP contribution >= 0.6 is 11.6 Å². The standard InChI is InChI=1S/C19H23ClN4O/c20-16-7-5-15(6-8-16)9-10-21-19(25)17-13-23-18(14-22-17)24-11-3-1-2-4-12-24/h5-8,13-14H,1-4,9-12H2,(H,21,25). The third kappa shape index (κ3) is 5.16. The minimum atomic E-state index is -0.191. The van der Waals surface area contributed by atoms with Crippen molar-refractivity contribution in [3.8, 4) is 0 Å². The first-order chi connectivity index (χ1) is 12.2. The molecule has 1 aromatic carbocycles. The number of carbonyl (C=O) groups is 1. The topological polar surface area (TPSA) is 58.1 Å². The van der Waals surface area contributed by atoms with Gasteiger partial charge in [-0.2, -0.15) is 0 Å². The van der Waals surface area contributed by atoms with E-state index in [9.17, 15) is 4.79 Å². The number of halogens is 1. The Balaban J connectivity index is 1.50. The Bertz CT molecular complexity index is 680. The summed E-state index contributed by atoms with van der Waals surface area (Å²) in [4.78, 5) is 23.2. The second-order valence-electron chi connectivity index (χ2n) is 6.29. The van der Waals surface area contributed by atoms with Crippen LogP contribution in [0.15, 0.2) is 36.7 Å². The number of anilines is 1. The second-order valence-corrected chi connectivity index (χ2v) is 6.73. The number of nitrogens with zero attached hydrogens (tertiary/aromatic N) is 3. The molecule has 2 heterocycles. The Morgan fingerprint density at radius 3 is 2.40 bits per heavy atom. The quantitative estimate of drug-likeness (QED) is 0.888. The average molecular weight is 359 g/mol. The molecule has 0 atom stereocenters. The molecule has 0 spiro atoms. The zero-order chi connectivity index (χ0) is 17.5. The van der Waals surface area contributed by atoms with Crippen LogP contribution in [0.25, 0.3) is 0 Å². The van der Waals surface area contributed by atoms with Crippen LogP contribution in [0.5, 0.6) is 0 Å². The van der Waals surface area contributed by atoms with Gasteiger partial charge in [0.1, 0.15) is 11.5 Å². The lowest BCUT2D eigenvalue weighted by molar-refractivity contribution is 0.0949. The van der Waals surface area contributed by atoms with E-state index < -0.39 is 0 Å². The highest BCUT2D eigenvalue weighted by atomic mass is 35.5. The molecule has 132 valence electrons. The largest absolute Gasteiger partial charge is 0.355 e. The van der Waals surface area contributed by atoms with Gasteiger partial charge < -0.3 is 10.2 Å². The molecule has 25 heavy (non-hydrogen) atoms. The Morgan fingerprint density at radius 1 is 1.04 bits per heavy atom. The molecule has 3 rings (SSSR count). The van der Waals surface area contributed by atoms with Gasteiger partial charge in [-0.3, -0.25) is 4.79 Å². The molecule has 1 saturated heterocycles. The summed E-state index contributed by atoms with van der Waals surface area (Å²) in [5.74, 6) is 0.670. The first kappa shape index (κ1) is 17.7.